The second kappa shape index (κ2) is 11.5. The van der Waals surface area contributed by atoms with Gasteiger partial charge in [0.05, 0.1) is 0 Å². The molecular formula is C20H29N3O5S. The molecule has 0 heterocycles. The first kappa shape index (κ1) is 24.5. The number of imide groups is 1. The molecule has 0 unspecified atom stereocenters. The Balaban J connectivity index is 2.70. The van der Waals surface area contributed by atoms with Crippen LogP contribution in [0.25, 0.3) is 0 Å². The fourth-order valence-electron chi connectivity index (χ4n) is 2.21. The first-order chi connectivity index (χ1) is 13.5. The van der Waals surface area contributed by atoms with E-state index in [9.17, 15) is 19.2 Å². The maximum atomic E-state index is 12.5. The number of urea groups is 1. The van der Waals surface area contributed by atoms with Gasteiger partial charge in [0, 0.05) is 11.1 Å². The largest absolute Gasteiger partial charge is 0.451 e. The number of hydrogen-bond donors (Lipinski definition) is 3. The quantitative estimate of drug-likeness (QED) is 0.552. The highest BCUT2D eigenvalue weighted by Crippen LogP contribution is 2.07. The highest BCUT2D eigenvalue weighted by Gasteiger charge is 2.27. The highest BCUT2D eigenvalue weighted by atomic mass is 32.2. The summed E-state index contributed by atoms with van der Waals surface area (Å²) < 4.78 is 5.18. The summed E-state index contributed by atoms with van der Waals surface area (Å²) in [5, 5.41) is 7.36. The Morgan fingerprint density at radius 1 is 1.10 bits per heavy atom. The number of hydrogen-bond acceptors (Lipinski definition) is 6. The molecule has 1 aromatic carbocycles. The standard InChI is InChI=1S/C20H29N3O5S/c1-13(16(24)22-19(27)23-20(2,3)4)28-18(26)15(11-12-29-5)21-17(25)14-9-7-6-8-10-14/h6-10,13,15H,11-12H2,1-5H3,(H,21,25)(H2,22,23,24,27)/t13-,15+/m1/s1. The molecule has 0 aliphatic carbocycles. The van der Waals surface area contributed by atoms with Crippen molar-refractivity contribution < 1.29 is 23.9 Å². The van der Waals surface area contributed by atoms with Crippen LogP contribution in [0.3, 0.4) is 0 Å². The minimum atomic E-state index is -1.20. The van der Waals surface area contributed by atoms with Gasteiger partial charge in [0.2, 0.25) is 0 Å². The Labute approximate surface area is 175 Å². The van der Waals surface area contributed by atoms with Crippen molar-refractivity contribution in [2.45, 2.75) is 51.8 Å². The van der Waals surface area contributed by atoms with Gasteiger partial charge in [-0.2, -0.15) is 11.8 Å². The van der Waals surface area contributed by atoms with Crippen LogP contribution < -0.4 is 16.0 Å². The predicted octanol–water partition coefficient (Wildman–Crippen LogP) is 2.09. The summed E-state index contributed by atoms with van der Waals surface area (Å²) in [6, 6.07) is 6.91. The third kappa shape index (κ3) is 9.47. The van der Waals surface area contributed by atoms with Crippen molar-refractivity contribution in [2.75, 3.05) is 12.0 Å². The number of thioether (sulfide) groups is 1. The average molecular weight is 424 g/mol. The molecule has 0 aromatic heterocycles. The first-order valence-electron chi connectivity index (χ1n) is 9.22. The molecule has 0 fully saturated rings. The summed E-state index contributed by atoms with van der Waals surface area (Å²) in [5.41, 5.74) is -0.103. The third-order valence-corrected chi connectivity index (χ3v) is 4.27. The number of esters is 1. The lowest BCUT2D eigenvalue weighted by Gasteiger charge is -2.22. The van der Waals surface area contributed by atoms with E-state index in [2.05, 4.69) is 16.0 Å². The smallest absolute Gasteiger partial charge is 0.329 e. The Bertz CT molecular complexity index is 719. The number of carbonyl (C=O) groups is 4. The molecule has 0 aliphatic rings. The van der Waals surface area contributed by atoms with E-state index in [1.165, 1.54) is 18.7 Å². The molecule has 160 valence electrons. The lowest BCUT2D eigenvalue weighted by Crippen LogP contribution is -2.51. The Hall–Kier alpha value is -2.55. The van der Waals surface area contributed by atoms with Crippen molar-refractivity contribution >= 4 is 35.6 Å². The molecule has 0 saturated heterocycles. The van der Waals surface area contributed by atoms with Crippen molar-refractivity contribution in [3.05, 3.63) is 35.9 Å². The van der Waals surface area contributed by atoms with Crippen LogP contribution in [-0.4, -0.2) is 53.5 Å². The van der Waals surface area contributed by atoms with Crippen molar-refractivity contribution in [1.29, 1.82) is 0 Å². The molecule has 8 nitrogen and oxygen atoms in total. The lowest BCUT2D eigenvalue weighted by molar-refractivity contribution is -0.156. The minimum absolute atomic E-state index is 0.345. The first-order valence-corrected chi connectivity index (χ1v) is 10.6. The summed E-state index contributed by atoms with van der Waals surface area (Å²) in [7, 11) is 0. The molecule has 1 rings (SSSR count). The zero-order valence-electron chi connectivity index (χ0n) is 17.4. The summed E-state index contributed by atoms with van der Waals surface area (Å²) in [4.78, 5) is 48.8. The van der Waals surface area contributed by atoms with Gasteiger partial charge in [-0.1, -0.05) is 18.2 Å². The molecule has 0 bridgehead atoms. The monoisotopic (exact) mass is 423 g/mol. The molecule has 2 atom stereocenters. The van der Waals surface area contributed by atoms with Crippen LogP contribution in [0.5, 0.6) is 0 Å². The van der Waals surface area contributed by atoms with Crippen LogP contribution in [0.4, 0.5) is 4.79 Å². The van der Waals surface area contributed by atoms with Crippen molar-refractivity contribution in [1.82, 2.24) is 16.0 Å². The van der Waals surface area contributed by atoms with Crippen LogP contribution in [0.2, 0.25) is 0 Å². The molecule has 4 amide bonds. The number of amides is 4. The summed E-state index contributed by atoms with van der Waals surface area (Å²) in [6.07, 6.45) is 1.03. The summed E-state index contributed by atoms with van der Waals surface area (Å²) >= 11 is 1.52. The summed E-state index contributed by atoms with van der Waals surface area (Å²) in [6.45, 7) is 6.67. The number of carbonyl (C=O) groups excluding carboxylic acids is 4. The van der Waals surface area contributed by atoms with E-state index in [4.69, 9.17) is 4.74 Å². The lowest BCUT2D eigenvalue weighted by atomic mass is 10.1. The Morgan fingerprint density at radius 3 is 2.28 bits per heavy atom. The Morgan fingerprint density at radius 2 is 1.72 bits per heavy atom. The minimum Gasteiger partial charge on any atom is -0.451 e. The molecule has 0 radical (unpaired) electrons. The van der Waals surface area contributed by atoms with Gasteiger partial charge in [0.25, 0.3) is 11.8 Å². The molecule has 0 saturated carbocycles. The zero-order valence-corrected chi connectivity index (χ0v) is 18.2. The van der Waals surface area contributed by atoms with Crippen molar-refractivity contribution in [3.63, 3.8) is 0 Å². The number of ether oxygens (including phenoxy) is 1. The zero-order chi connectivity index (χ0) is 22.0. The van der Waals surface area contributed by atoms with E-state index in [0.29, 0.717) is 17.7 Å². The highest BCUT2D eigenvalue weighted by molar-refractivity contribution is 7.98. The van der Waals surface area contributed by atoms with Gasteiger partial charge in [-0.05, 0) is 58.3 Å². The number of rotatable bonds is 8. The van der Waals surface area contributed by atoms with E-state index in [1.54, 1.807) is 51.1 Å². The van der Waals surface area contributed by atoms with Crippen LogP contribution in [-0.2, 0) is 14.3 Å². The second-order valence-electron chi connectivity index (χ2n) is 7.45. The maximum absolute atomic E-state index is 12.5. The van der Waals surface area contributed by atoms with Gasteiger partial charge in [-0.15, -0.1) is 0 Å². The molecule has 29 heavy (non-hydrogen) atoms. The number of benzene rings is 1. The second-order valence-corrected chi connectivity index (χ2v) is 8.43. The van der Waals surface area contributed by atoms with Crippen LogP contribution >= 0.6 is 11.8 Å². The van der Waals surface area contributed by atoms with Gasteiger partial charge < -0.3 is 15.4 Å². The van der Waals surface area contributed by atoms with E-state index in [1.807, 2.05) is 6.26 Å². The van der Waals surface area contributed by atoms with Gasteiger partial charge in [-0.3, -0.25) is 14.9 Å². The fraction of sp³-hybridized carbons (Fsp3) is 0.500. The van der Waals surface area contributed by atoms with E-state index < -0.39 is 41.5 Å². The van der Waals surface area contributed by atoms with Gasteiger partial charge in [-0.25, -0.2) is 9.59 Å². The van der Waals surface area contributed by atoms with Crippen molar-refractivity contribution in [3.8, 4) is 0 Å². The van der Waals surface area contributed by atoms with E-state index in [-0.39, 0.29) is 0 Å². The van der Waals surface area contributed by atoms with Gasteiger partial charge >= 0.3 is 12.0 Å². The van der Waals surface area contributed by atoms with Crippen LogP contribution in [0, 0.1) is 0 Å². The average Bonchev–Trinajstić information content (AvgIpc) is 2.63. The maximum Gasteiger partial charge on any atom is 0.329 e. The number of nitrogens with one attached hydrogen (secondary N) is 3. The molecule has 0 aliphatic heterocycles. The molecular weight excluding hydrogens is 394 g/mol. The SMILES string of the molecule is CSCC[C@H](NC(=O)c1ccccc1)C(=O)O[C@H](C)C(=O)NC(=O)NC(C)(C)C. The topological polar surface area (TPSA) is 114 Å². The molecule has 9 heteroatoms. The fourth-order valence-corrected chi connectivity index (χ4v) is 2.68. The summed E-state index contributed by atoms with van der Waals surface area (Å²) in [5.74, 6) is -1.28. The molecule has 3 N–H and O–H groups in total. The predicted molar refractivity (Wildman–Crippen MR) is 113 cm³/mol. The van der Waals surface area contributed by atoms with Gasteiger partial charge in [0.1, 0.15) is 6.04 Å². The van der Waals surface area contributed by atoms with Gasteiger partial charge in [0.15, 0.2) is 6.10 Å². The van der Waals surface area contributed by atoms with E-state index in [0.717, 1.165) is 0 Å². The Kier molecular flexibility index (Phi) is 9.67. The third-order valence-electron chi connectivity index (χ3n) is 3.62. The van der Waals surface area contributed by atoms with Crippen LogP contribution in [0.15, 0.2) is 30.3 Å². The van der Waals surface area contributed by atoms with Crippen LogP contribution in [0.1, 0.15) is 44.5 Å². The van der Waals surface area contributed by atoms with E-state index >= 15 is 0 Å². The van der Waals surface area contributed by atoms with Crippen molar-refractivity contribution in [2.24, 2.45) is 0 Å². The molecule has 0 spiro atoms. The molecule has 1 aromatic rings. The normalized spacial score (nSPS) is 13.0.